The summed E-state index contributed by atoms with van der Waals surface area (Å²) in [7, 11) is 0. The summed E-state index contributed by atoms with van der Waals surface area (Å²) < 4.78 is 4.71. The molecule has 6 aromatic carbocycles. The third kappa shape index (κ3) is 3.29. The molecule has 0 amide bonds. The molecule has 0 fully saturated rings. The Bertz CT molecular complexity index is 2430. The van der Waals surface area contributed by atoms with Crippen molar-refractivity contribution in [3.05, 3.63) is 146 Å². The highest BCUT2D eigenvalue weighted by atomic mass is 15.0. The first kappa shape index (κ1) is 23.0. The summed E-state index contributed by atoms with van der Waals surface area (Å²) in [6.07, 6.45) is 3.89. The van der Waals surface area contributed by atoms with E-state index in [4.69, 9.17) is 9.97 Å². The normalized spacial score (nSPS) is 11.8. The lowest BCUT2D eigenvalue weighted by atomic mass is 10.0. The van der Waals surface area contributed by atoms with Crippen LogP contribution in [0.25, 0.3) is 77.1 Å². The molecule has 3 aromatic heterocycles. The predicted molar refractivity (Wildman–Crippen MR) is 174 cm³/mol. The van der Waals surface area contributed by atoms with Crippen LogP contribution in [0.3, 0.4) is 0 Å². The fraction of sp³-hybridized carbons (Fsp3) is 0. The molecule has 3 heterocycles. The SMILES string of the molecule is c1ccc(-c2ncc(-n3c4ccccc4c4ccc5cc6c7ccccc7n(-c7ccccc7)c6cc5c43)cn2)cc1. The van der Waals surface area contributed by atoms with Gasteiger partial charge in [0.25, 0.3) is 0 Å². The molecule has 0 N–H and O–H groups in total. The van der Waals surface area contributed by atoms with Crippen LogP contribution in [0.5, 0.6) is 0 Å². The quantitative estimate of drug-likeness (QED) is 0.225. The topological polar surface area (TPSA) is 35.6 Å². The first-order valence-electron chi connectivity index (χ1n) is 14.2. The molecule has 42 heavy (non-hydrogen) atoms. The second-order valence-corrected chi connectivity index (χ2v) is 10.7. The van der Waals surface area contributed by atoms with Gasteiger partial charge in [-0.05, 0) is 41.8 Å². The van der Waals surface area contributed by atoms with Gasteiger partial charge in [-0.1, -0.05) is 97.1 Å². The lowest BCUT2D eigenvalue weighted by Gasteiger charge is -2.11. The number of benzene rings is 6. The van der Waals surface area contributed by atoms with E-state index >= 15 is 0 Å². The minimum Gasteiger partial charge on any atom is -0.309 e. The maximum Gasteiger partial charge on any atom is 0.159 e. The Balaban J connectivity index is 1.39. The molecule has 0 atom stereocenters. The first-order valence-corrected chi connectivity index (χ1v) is 14.2. The van der Waals surface area contributed by atoms with E-state index in [0.717, 1.165) is 33.8 Å². The van der Waals surface area contributed by atoms with Crippen LogP contribution in [0.2, 0.25) is 0 Å². The second kappa shape index (κ2) is 8.88. The van der Waals surface area contributed by atoms with Crippen molar-refractivity contribution in [2.24, 2.45) is 0 Å². The van der Waals surface area contributed by atoms with E-state index in [2.05, 4.69) is 112 Å². The van der Waals surface area contributed by atoms with Crippen molar-refractivity contribution in [1.82, 2.24) is 19.1 Å². The van der Waals surface area contributed by atoms with Gasteiger partial charge < -0.3 is 9.13 Å². The monoisotopic (exact) mass is 536 g/mol. The number of nitrogens with zero attached hydrogens (tertiary/aromatic N) is 4. The molecule has 0 saturated carbocycles. The van der Waals surface area contributed by atoms with Crippen LogP contribution in [-0.4, -0.2) is 19.1 Å². The predicted octanol–water partition coefficient (Wildman–Crippen LogP) is 9.49. The standard InChI is InChI=1S/C38H24N4/c1-3-11-25(12-4-1)38-39-23-28(24-40-38)42-35-18-10-7-15-29(35)31-20-19-26-21-33-30-16-8-9-17-34(30)41(27-13-5-2-6-14-27)36(33)22-32(26)37(31)42/h1-24H. The van der Waals surface area contributed by atoms with Crippen molar-refractivity contribution in [3.8, 4) is 22.8 Å². The van der Waals surface area contributed by atoms with E-state index in [9.17, 15) is 0 Å². The van der Waals surface area contributed by atoms with Gasteiger partial charge in [0.2, 0.25) is 0 Å². The molecule has 0 aliphatic heterocycles. The van der Waals surface area contributed by atoms with Crippen LogP contribution in [0.4, 0.5) is 0 Å². The van der Waals surface area contributed by atoms with Gasteiger partial charge in [0.05, 0.1) is 40.1 Å². The smallest absolute Gasteiger partial charge is 0.159 e. The Morgan fingerprint density at radius 2 is 1.02 bits per heavy atom. The summed E-state index contributed by atoms with van der Waals surface area (Å²) in [6.45, 7) is 0. The average Bonchev–Trinajstić information content (AvgIpc) is 3.57. The molecule has 196 valence electrons. The van der Waals surface area contributed by atoms with Crippen LogP contribution in [0.1, 0.15) is 0 Å². The number of rotatable bonds is 3. The summed E-state index contributed by atoms with van der Waals surface area (Å²) in [5.41, 5.74) is 7.80. The lowest BCUT2D eigenvalue weighted by molar-refractivity contribution is 1.08. The molecule has 0 bridgehead atoms. The molecule has 0 radical (unpaired) electrons. The Kier molecular flexibility index (Phi) is 4.87. The van der Waals surface area contributed by atoms with Gasteiger partial charge in [-0.2, -0.15) is 0 Å². The number of fused-ring (bicyclic) bond motifs is 8. The largest absolute Gasteiger partial charge is 0.309 e. The Labute approximate surface area is 241 Å². The fourth-order valence-electron chi connectivity index (χ4n) is 6.54. The molecule has 0 saturated heterocycles. The van der Waals surface area contributed by atoms with Crippen molar-refractivity contribution in [1.29, 1.82) is 0 Å². The van der Waals surface area contributed by atoms with E-state index in [-0.39, 0.29) is 0 Å². The van der Waals surface area contributed by atoms with Crippen LogP contribution in [0, 0.1) is 0 Å². The van der Waals surface area contributed by atoms with Crippen LogP contribution in [0.15, 0.2) is 146 Å². The Morgan fingerprint density at radius 3 is 1.76 bits per heavy atom. The number of para-hydroxylation sites is 3. The van der Waals surface area contributed by atoms with Crippen LogP contribution < -0.4 is 0 Å². The van der Waals surface area contributed by atoms with Crippen LogP contribution >= 0.6 is 0 Å². The molecule has 4 heteroatoms. The molecule has 9 rings (SSSR count). The molecule has 9 aromatic rings. The Hall–Kier alpha value is -5.74. The highest BCUT2D eigenvalue weighted by molar-refractivity contribution is 6.22. The van der Waals surface area contributed by atoms with E-state index in [1.807, 2.05) is 42.7 Å². The molecule has 0 aliphatic carbocycles. The van der Waals surface area contributed by atoms with Crippen molar-refractivity contribution >= 4 is 54.4 Å². The maximum absolute atomic E-state index is 4.80. The second-order valence-electron chi connectivity index (χ2n) is 10.7. The molecule has 0 unspecified atom stereocenters. The van der Waals surface area contributed by atoms with E-state index in [1.54, 1.807) is 0 Å². The summed E-state index contributed by atoms with van der Waals surface area (Å²) >= 11 is 0. The van der Waals surface area contributed by atoms with Crippen LogP contribution in [-0.2, 0) is 0 Å². The number of aromatic nitrogens is 4. The van der Waals surface area contributed by atoms with Crippen molar-refractivity contribution in [2.75, 3.05) is 0 Å². The lowest BCUT2D eigenvalue weighted by Crippen LogP contribution is -1.98. The number of hydrogen-bond acceptors (Lipinski definition) is 2. The van der Waals surface area contributed by atoms with Gasteiger partial charge in [0, 0.05) is 38.2 Å². The van der Waals surface area contributed by atoms with Gasteiger partial charge in [-0.3, -0.25) is 0 Å². The summed E-state index contributed by atoms with van der Waals surface area (Å²) in [4.78, 5) is 9.59. The molecule has 0 spiro atoms. The maximum atomic E-state index is 4.80. The van der Waals surface area contributed by atoms with Crippen molar-refractivity contribution in [2.45, 2.75) is 0 Å². The zero-order chi connectivity index (χ0) is 27.6. The van der Waals surface area contributed by atoms with Gasteiger partial charge in [-0.15, -0.1) is 0 Å². The third-order valence-electron chi connectivity index (χ3n) is 8.39. The molecule has 4 nitrogen and oxygen atoms in total. The summed E-state index contributed by atoms with van der Waals surface area (Å²) in [5, 5.41) is 7.33. The molecule has 0 aliphatic rings. The van der Waals surface area contributed by atoms with Gasteiger partial charge in [-0.25, -0.2) is 9.97 Å². The summed E-state index contributed by atoms with van der Waals surface area (Å²) in [5.74, 6) is 0.721. The molecular formula is C38H24N4. The average molecular weight is 537 g/mol. The Morgan fingerprint density at radius 1 is 0.405 bits per heavy atom. The molecular weight excluding hydrogens is 512 g/mol. The van der Waals surface area contributed by atoms with Crippen molar-refractivity contribution < 1.29 is 0 Å². The minimum atomic E-state index is 0.721. The first-order chi connectivity index (χ1) is 20.8. The highest BCUT2D eigenvalue weighted by Crippen LogP contribution is 2.40. The van der Waals surface area contributed by atoms with Gasteiger partial charge in [0.15, 0.2) is 5.82 Å². The van der Waals surface area contributed by atoms with E-state index < -0.39 is 0 Å². The van der Waals surface area contributed by atoms with E-state index in [0.29, 0.717) is 0 Å². The number of hydrogen-bond donors (Lipinski definition) is 0. The van der Waals surface area contributed by atoms with E-state index in [1.165, 1.54) is 43.4 Å². The van der Waals surface area contributed by atoms with Crippen molar-refractivity contribution in [3.63, 3.8) is 0 Å². The third-order valence-corrected chi connectivity index (χ3v) is 8.39. The zero-order valence-corrected chi connectivity index (χ0v) is 22.6. The van der Waals surface area contributed by atoms with Gasteiger partial charge in [0.1, 0.15) is 0 Å². The summed E-state index contributed by atoms with van der Waals surface area (Å²) in [6, 6.07) is 47.3. The zero-order valence-electron chi connectivity index (χ0n) is 22.6. The highest BCUT2D eigenvalue weighted by Gasteiger charge is 2.18. The van der Waals surface area contributed by atoms with Gasteiger partial charge >= 0.3 is 0 Å². The minimum absolute atomic E-state index is 0.721. The fourth-order valence-corrected chi connectivity index (χ4v) is 6.54.